The normalized spacial score (nSPS) is 19.4. The summed E-state index contributed by atoms with van der Waals surface area (Å²) in [5, 5.41) is 13.2. The van der Waals surface area contributed by atoms with Gasteiger partial charge >= 0.3 is 0 Å². The molecule has 1 atom stereocenters. The Morgan fingerprint density at radius 3 is 2.37 bits per heavy atom. The number of benzene rings is 1. The molecule has 19 heavy (non-hydrogen) atoms. The lowest BCUT2D eigenvalue weighted by atomic mass is 9.80. The smallest absolute Gasteiger partial charge is 0.0500 e. The molecule has 1 heterocycles. The number of hydrogen-bond acceptors (Lipinski definition) is 3. The zero-order valence-electron chi connectivity index (χ0n) is 11.7. The van der Waals surface area contributed by atoms with Gasteiger partial charge in [-0.2, -0.15) is 0 Å². The number of piperazine rings is 1. The lowest BCUT2D eigenvalue weighted by Crippen LogP contribution is -2.49. The molecule has 0 radical (unpaired) electrons. The van der Waals surface area contributed by atoms with E-state index in [0.29, 0.717) is 0 Å². The van der Waals surface area contributed by atoms with Crippen LogP contribution in [0.5, 0.6) is 0 Å². The van der Waals surface area contributed by atoms with Crippen molar-refractivity contribution >= 4 is 22.6 Å². The molecule has 0 aromatic heterocycles. The number of nitrogens with one attached hydrogen (secondary N) is 1. The fourth-order valence-corrected chi connectivity index (χ4v) is 3.19. The fourth-order valence-electron chi connectivity index (χ4n) is 2.83. The monoisotopic (exact) mass is 374 g/mol. The molecule has 4 heteroatoms. The Balaban J connectivity index is 2.30. The van der Waals surface area contributed by atoms with Crippen LogP contribution in [0, 0.1) is 8.99 Å². The Morgan fingerprint density at radius 1 is 1.26 bits per heavy atom. The first-order chi connectivity index (χ1) is 9.04. The SMILES string of the molecule is CC(C)(CO)[C@H](c1ccc(I)cc1)N1CCNCC1. The molecule has 0 aliphatic carbocycles. The minimum atomic E-state index is -0.135. The van der Waals surface area contributed by atoms with Crippen LogP contribution in [0.3, 0.4) is 0 Å². The first-order valence-corrected chi connectivity index (χ1v) is 7.93. The Hall–Kier alpha value is -0.170. The maximum absolute atomic E-state index is 9.77. The van der Waals surface area contributed by atoms with E-state index in [9.17, 15) is 5.11 Å². The van der Waals surface area contributed by atoms with E-state index in [2.05, 4.69) is 70.9 Å². The van der Waals surface area contributed by atoms with Crippen molar-refractivity contribution in [2.45, 2.75) is 19.9 Å². The van der Waals surface area contributed by atoms with Crippen molar-refractivity contribution in [3.8, 4) is 0 Å². The Labute approximate surface area is 129 Å². The first-order valence-electron chi connectivity index (χ1n) is 6.86. The molecule has 0 amide bonds. The molecule has 1 aromatic rings. The van der Waals surface area contributed by atoms with Gasteiger partial charge in [-0.1, -0.05) is 26.0 Å². The van der Waals surface area contributed by atoms with E-state index in [-0.39, 0.29) is 18.1 Å². The maximum Gasteiger partial charge on any atom is 0.0500 e. The molecule has 2 rings (SSSR count). The van der Waals surface area contributed by atoms with Crippen LogP contribution in [0.1, 0.15) is 25.5 Å². The van der Waals surface area contributed by atoms with E-state index in [1.807, 2.05) is 0 Å². The van der Waals surface area contributed by atoms with Crippen molar-refractivity contribution in [2.24, 2.45) is 5.41 Å². The minimum Gasteiger partial charge on any atom is -0.396 e. The van der Waals surface area contributed by atoms with Gasteiger partial charge in [0.05, 0.1) is 0 Å². The van der Waals surface area contributed by atoms with Gasteiger partial charge in [-0.05, 0) is 40.3 Å². The summed E-state index contributed by atoms with van der Waals surface area (Å²) >= 11 is 2.33. The van der Waals surface area contributed by atoms with Gasteiger partial charge in [0.15, 0.2) is 0 Å². The lowest BCUT2D eigenvalue weighted by Gasteiger charge is -2.43. The number of hydrogen-bond donors (Lipinski definition) is 2. The molecule has 106 valence electrons. The molecule has 2 N–H and O–H groups in total. The predicted octanol–water partition coefficient (Wildman–Crippen LogP) is 2.26. The standard InChI is InChI=1S/C15H23IN2O/c1-15(2,11-19)14(18-9-7-17-8-10-18)12-3-5-13(16)6-4-12/h3-6,14,17,19H,7-11H2,1-2H3/t14-/m0/s1. The topological polar surface area (TPSA) is 35.5 Å². The molecule has 3 nitrogen and oxygen atoms in total. The molecule has 1 saturated heterocycles. The molecule has 0 unspecified atom stereocenters. The molecule has 0 spiro atoms. The van der Waals surface area contributed by atoms with Gasteiger partial charge in [0, 0.05) is 47.8 Å². The van der Waals surface area contributed by atoms with E-state index in [1.165, 1.54) is 9.13 Å². The van der Waals surface area contributed by atoms with E-state index in [0.717, 1.165) is 26.2 Å². The van der Waals surface area contributed by atoms with E-state index in [4.69, 9.17) is 0 Å². The van der Waals surface area contributed by atoms with E-state index >= 15 is 0 Å². The van der Waals surface area contributed by atoms with Crippen LogP contribution < -0.4 is 5.32 Å². The summed E-state index contributed by atoms with van der Waals surface area (Å²) < 4.78 is 1.25. The average molecular weight is 374 g/mol. The zero-order valence-corrected chi connectivity index (χ0v) is 13.9. The number of halogens is 1. The first kappa shape index (κ1) is 15.2. The van der Waals surface area contributed by atoms with Crippen molar-refractivity contribution in [1.82, 2.24) is 10.2 Å². The molecule has 1 aliphatic heterocycles. The second kappa shape index (κ2) is 6.52. The Morgan fingerprint density at radius 2 is 1.84 bits per heavy atom. The highest BCUT2D eigenvalue weighted by Gasteiger charge is 2.35. The van der Waals surface area contributed by atoms with Gasteiger partial charge < -0.3 is 10.4 Å². The second-order valence-electron chi connectivity index (χ2n) is 5.89. The van der Waals surface area contributed by atoms with Crippen LogP contribution >= 0.6 is 22.6 Å². The van der Waals surface area contributed by atoms with Crippen LogP contribution in [0.4, 0.5) is 0 Å². The lowest BCUT2D eigenvalue weighted by molar-refractivity contribution is 0.0305. The number of nitrogens with zero attached hydrogens (tertiary/aromatic N) is 1. The molecular formula is C15H23IN2O. The van der Waals surface area contributed by atoms with Gasteiger partial charge in [-0.15, -0.1) is 0 Å². The van der Waals surface area contributed by atoms with E-state index in [1.54, 1.807) is 0 Å². The summed E-state index contributed by atoms with van der Waals surface area (Å²) in [6.45, 7) is 8.65. The number of aliphatic hydroxyl groups excluding tert-OH is 1. The summed E-state index contributed by atoms with van der Waals surface area (Å²) in [6.07, 6.45) is 0. The van der Waals surface area contributed by atoms with E-state index < -0.39 is 0 Å². The molecule has 1 fully saturated rings. The van der Waals surface area contributed by atoms with Gasteiger partial charge in [-0.3, -0.25) is 4.90 Å². The minimum absolute atomic E-state index is 0.135. The zero-order chi connectivity index (χ0) is 13.9. The third kappa shape index (κ3) is 3.68. The molecule has 1 aliphatic rings. The third-order valence-corrected chi connectivity index (χ3v) is 4.57. The van der Waals surface area contributed by atoms with Gasteiger partial charge in [-0.25, -0.2) is 0 Å². The highest BCUT2D eigenvalue weighted by Crippen LogP contribution is 2.38. The summed E-state index contributed by atoms with van der Waals surface area (Å²) in [4.78, 5) is 2.49. The average Bonchev–Trinajstić information content (AvgIpc) is 2.42. The molecule has 0 saturated carbocycles. The largest absolute Gasteiger partial charge is 0.396 e. The summed E-state index contributed by atoms with van der Waals surface area (Å²) in [5.74, 6) is 0. The molecule has 0 bridgehead atoms. The highest BCUT2D eigenvalue weighted by molar-refractivity contribution is 14.1. The van der Waals surface area contributed by atoms with Crippen molar-refractivity contribution in [3.05, 3.63) is 33.4 Å². The van der Waals surface area contributed by atoms with Crippen LogP contribution in [0.15, 0.2) is 24.3 Å². The quantitative estimate of drug-likeness (QED) is 0.794. The van der Waals surface area contributed by atoms with Crippen molar-refractivity contribution in [2.75, 3.05) is 32.8 Å². The van der Waals surface area contributed by atoms with Gasteiger partial charge in [0.25, 0.3) is 0 Å². The highest BCUT2D eigenvalue weighted by atomic mass is 127. The fraction of sp³-hybridized carbons (Fsp3) is 0.600. The van der Waals surface area contributed by atoms with Crippen LogP contribution in [0.2, 0.25) is 0 Å². The van der Waals surface area contributed by atoms with Crippen molar-refractivity contribution in [3.63, 3.8) is 0 Å². The number of rotatable bonds is 4. The van der Waals surface area contributed by atoms with Crippen molar-refractivity contribution in [1.29, 1.82) is 0 Å². The summed E-state index contributed by atoms with van der Waals surface area (Å²) in [7, 11) is 0. The number of aliphatic hydroxyl groups is 1. The van der Waals surface area contributed by atoms with Crippen molar-refractivity contribution < 1.29 is 5.11 Å². The van der Waals surface area contributed by atoms with Crippen LogP contribution in [-0.4, -0.2) is 42.8 Å². The summed E-state index contributed by atoms with van der Waals surface area (Å²) in [5.41, 5.74) is 1.17. The van der Waals surface area contributed by atoms with Gasteiger partial charge in [0.2, 0.25) is 0 Å². The van der Waals surface area contributed by atoms with Crippen LogP contribution in [0.25, 0.3) is 0 Å². The Kier molecular flexibility index (Phi) is 5.22. The van der Waals surface area contributed by atoms with Crippen LogP contribution in [-0.2, 0) is 0 Å². The third-order valence-electron chi connectivity index (χ3n) is 3.85. The second-order valence-corrected chi connectivity index (χ2v) is 7.13. The van der Waals surface area contributed by atoms with Gasteiger partial charge in [0.1, 0.15) is 0 Å². The molecule has 1 aromatic carbocycles. The molecular weight excluding hydrogens is 351 g/mol. The maximum atomic E-state index is 9.77. The predicted molar refractivity (Wildman–Crippen MR) is 87.2 cm³/mol. The summed E-state index contributed by atoms with van der Waals surface area (Å²) in [6, 6.07) is 8.98. The Bertz CT molecular complexity index is 399.